The Labute approximate surface area is 877 Å². The van der Waals surface area contributed by atoms with Crippen LogP contribution in [-0.2, 0) is 33.2 Å². The molecule has 0 N–H and O–H groups in total. The van der Waals surface area contributed by atoms with Crippen molar-refractivity contribution in [3.8, 4) is 51.7 Å². The van der Waals surface area contributed by atoms with E-state index in [1.807, 2.05) is 57.2 Å². The van der Waals surface area contributed by atoms with Gasteiger partial charge in [-0.1, -0.05) is 301 Å². The zero-order valence-corrected chi connectivity index (χ0v) is 96.0. The molecule has 4 aliphatic rings. The predicted molar refractivity (Wildman–Crippen MR) is 597 cm³/mol. The Morgan fingerprint density at radius 3 is 0.972 bits per heavy atom. The molecule has 17 heteroatoms. The van der Waals surface area contributed by atoms with E-state index in [1.165, 1.54) is 194 Å². The summed E-state index contributed by atoms with van der Waals surface area (Å²) < 4.78 is 91.9. The van der Waals surface area contributed by atoms with Gasteiger partial charge in [0.25, 0.3) is 0 Å². The van der Waals surface area contributed by atoms with Gasteiger partial charge in [0, 0.05) is 49.9 Å². The fraction of sp³-hybridized carbons (Fsp3) is 0.661. The topological polar surface area (TPSA) is 165 Å². The third-order valence-electron chi connectivity index (χ3n) is 28.7. The fourth-order valence-corrected chi connectivity index (χ4v) is 17.8. The van der Waals surface area contributed by atoms with Gasteiger partial charge in [-0.3, -0.25) is 0 Å². The largest absolute Gasteiger partial charge is 0.514 e. The van der Waals surface area contributed by atoms with Crippen LogP contribution < -0.4 is 42.6 Å². The highest BCUT2D eigenvalue weighted by Gasteiger charge is 2.31. The summed E-state index contributed by atoms with van der Waals surface area (Å²) in [5.74, 6) is 14.0. The third-order valence-corrected chi connectivity index (χ3v) is 28.7. The van der Waals surface area contributed by atoms with Crippen LogP contribution in [0.1, 0.15) is 454 Å². The van der Waals surface area contributed by atoms with Crippen molar-refractivity contribution in [1.29, 1.82) is 0 Å². The number of ether oxygens (including phenoxy) is 16. The number of methoxy groups -OCH3 is 3. The molecule has 13 unspecified atom stereocenters. The van der Waals surface area contributed by atoms with Crippen molar-refractivity contribution in [3.63, 3.8) is 0 Å². The summed E-state index contributed by atoms with van der Waals surface area (Å²) in [5.41, 5.74) is 8.73. The second-order valence-corrected chi connectivity index (χ2v) is 42.9. The molecule has 4 saturated carbocycles. The lowest BCUT2D eigenvalue weighted by Crippen LogP contribution is -2.33. The molecule has 7 aromatic carbocycles. The van der Waals surface area contributed by atoms with Crippen molar-refractivity contribution in [1.82, 2.24) is 0 Å². The number of carbonyl (C=O) groups excluding carboxylic acids is 1. The molecule has 4 fully saturated rings. The zero-order chi connectivity index (χ0) is 106. The summed E-state index contributed by atoms with van der Waals surface area (Å²) >= 11 is 0. The minimum absolute atomic E-state index is 0.0789. The standard InChI is InChI=1S/C22H36O2.2C20H32O2.C19H30O2.C16H24O4.C15H24O3.C15H24O2/c1-5-18(4)20-11-13-21(14-12-20)24-22(17(2)3)23-16-15-19-9-7-6-8-10-19;1-5-16(4)17-11-13-19(14-12-17)22-20(21-15(2)3)18-9-7-6-8-10-18;1-5-16(4)17-11-13-19(14-12-17)22-20(15(2)3)21-18-9-7-6-8-10-18;1-4-15(3)16-11-13-18(14-12-16)21-19(20-5-2)17-9-7-6-8-10-17;1-7-11(2)12-8-9-13(14(10-12)18-6)19-15(17)20-16(3,4)5;1-6-11(3)13-8-9-14(15(10-13)16-5)18-12(4)17-7-2;1-6-12(4)13-7-9-14(10-8-13)17-15(16-5)11(2)3/h11-14,17-19,22H,5-10,15-16H2,1-4H3;2*11-16,18,20H,5-10H2,1-4H3;11-15,17,19H,4-10H2,1-3H3;8-11H,7H2,1-6H3;8-12H,6-7H2,1-5H3;7-12,15H,6H2,1-5H3. The van der Waals surface area contributed by atoms with Gasteiger partial charge in [-0.2, -0.15) is 0 Å². The Morgan fingerprint density at radius 2 is 0.632 bits per heavy atom. The van der Waals surface area contributed by atoms with Gasteiger partial charge in [0.2, 0.25) is 31.5 Å². The van der Waals surface area contributed by atoms with Crippen molar-refractivity contribution >= 4 is 6.16 Å². The minimum Gasteiger partial charge on any atom is -0.493 e. The second kappa shape index (κ2) is 70.8. The van der Waals surface area contributed by atoms with Crippen molar-refractivity contribution in [2.75, 3.05) is 41.2 Å². The average Bonchev–Trinajstić information content (AvgIpc) is 0.852. The highest BCUT2D eigenvalue weighted by atomic mass is 16.7. The van der Waals surface area contributed by atoms with E-state index < -0.39 is 11.8 Å². The normalized spacial score (nSPS) is 17.0. The Hall–Kier alpha value is -8.03. The van der Waals surface area contributed by atoms with Crippen LogP contribution >= 0.6 is 0 Å². The highest BCUT2D eigenvalue weighted by Crippen LogP contribution is 2.39. The molecule has 0 heterocycles. The fourth-order valence-electron chi connectivity index (χ4n) is 17.8. The minimum atomic E-state index is -0.730. The van der Waals surface area contributed by atoms with Gasteiger partial charge in [0.05, 0.1) is 33.0 Å². The van der Waals surface area contributed by atoms with Gasteiger partial charge >= 0.3 is 6.16 Å². The van der Waals surface area contributed by atoms with Crippen LogP contribution in [0, 0.1) is 35.5 Å². The van der Waals surface area contributed by atoms with E-state index in [2.05, 4.69) is 268 Å². The SMILES string of the molecule is CCC(C)c1ccc(OC(=O)OC(C)(C)C)c(OC)c1.CCC(C)c1ccc(OC(OC(C)C)C2CCCCC2)cc1.CCC(C)c1ccc(OC(OC)C(C)C)cc1.CCC(C)c1ccc(OC(OC2CCCCC2)C(C)C)cc1.CCC(C)c1ccc(OC(OCCC2CCCCC2)C(C)C)cc1.CCOC(C)Oc1ccc(C(C)CC)cc1OC.CCOC(Oc1ccc(C(C)CC)cc1)C1CCCCC1. The van der Waals surface area contributed by atoms with Gasteiger partial charge in [-0.05, 0) is 316 Å². The summed E-state index contributed by atoms with van der Waals surface area (Å²) in [6, 6.07) is 54.2. The molecule has 0 aliphatic heterocycles. The summed E-state index contributed by atoms with van der Waals surface area (Å²) in [7, 11) is 4.89. The molecule has 17 nitrogen and oxygen atoms in total. The first-order valence-corrected chi connectivity index (χ1v) is 56.4. The molecule has 0 aromatic heterocycles. The predicted octanol–water partition coefficient (Wildman–Crippen LogP) is 36.6. The average molecular weight is 2000 g/mol. The lowest BCUT2D eigenvalue weighted by molar-refractivity contribution is -0.150. The van der Waals surface area contributed by atoms with Crippen molar-refractivity contribution in [3.05, 3.63) is 197 Å². The van der Waals surface area contributed by atoms with E-state index in [0.717, 1.165) is 77.6 Å². The molecule has 0 amide bonds. The maximum atomic E-state index is 11.7. The lowest BCUT2D eigenvalue weighted by Gasteiger charge is -2.31. The van der Waals surface area contributed by atoms with Crippen LogP contribution in [0.4, 0.5) is 4.79 Å². The Kier molecular flexibility index (Phi) is 62.2. The maximum Gasteiger partial charge on any atom is 0.514 e. The molecule has 4 aliphatic carbocycles. The summed E-state index contributed by atoms with van der Waals surface area (Å²) in [5, 5.41) is 0. The molecular formula is C127H202O17. The second-order valence-electron chi connectivity index (χ2n) is 42.9. The van der Waals surface area contributed by atoms with Crippen LogP contribution in [0.5, 0.6) is 51.7 Å². The number of rotatable bonds is 47. The van der Waals surface area contributed by atoms with Crippen molar-refractivity contribution in [2.24, 2.45) is 35.5 Å². The maximum absolute atomic E-state index is 11.7. The van der Waals surface area contributed by atoms with Crippen LogP contribution in [0.25, 0.3) is 0 Å². The molecule has 13 atom stereocenters. The Bertz CT molecular complexity index is 4380. The van der Waals surface area contributed by atoms with Crippen LogP contribution in [0.15, 0.2) is 158 Å². The smallest absolute Gasteiger partial charge is 0.493 e. The van der Waals surface area contributed by atoms with E-state index in [0.29, 0.717) is 102 Å². The van der Waals surface area contributed by atoms with E-state index in [1.54, 1.807) is 48.2 Å². The van der Waals surface area contributed by atoms with Crippen LogP contribution in [-0.4, -0.2) is 103 Å². The van der Waals surface area contributed by atoms with E-state index in [4.69, 9.17) is 75.8 Å². The van der Waals surface area contributed by atoms with Gasteiger partial charge in [0.15, 0.2) is 29.3 Å². The van der Waals surface area contributed by atoms with E-state index in [-0.39, 0.29) is 43.8 Å². The summed E-state index contributed by atoms with van der Waals surface area (Å²) in [6.07, 6.45) is 34.2. The first-order chi connectivity index (χ1) is 69.0. The monoisotopic (exact) mass is 2000 g/mol. The molecule has 0 spiro atoms. The van der Waals surface area contributed by atoms with E-state index in [9.17, 15) is 4.79 Å². The van der Waals surface area contributed by atoms with Gasteiger partial charge in [-0.15, -0.1) is 0 Å². The first-order valence-electron chi connectivity index (χ1n) is 56.4. The Balaban J connectivity index is 0.000000297. The zero-order valence-electron chi connectivity index (χ0n) is 96.0. The molecule has 144 heavy (non-hydrogen) atoms. The number of hydrogen-bond acceptors (Lipinski definition) is 17. The summed E-state index contributed by atoms with van der Waals surface area (Å²) in [6.45, 7) is 61.5. The van der Waals surface area contributed by atoms with Gasteiger partial charge < -0.3 is 75.8 Å². The quantitative estimate of drug-likeness (QED) is 0.0201. The van der Waals surface area contributed by atoms with Crippen LogP contribution in [0.2, 0.25) is 0 Å². The summed E-state index contributed by atoms with van der Waals surface area (Å²) in [4.78, 5) is 11.7. The Morgan fingerprint density at radius 1 is 0.319 bits per heavy atom. The molecule has 7 aromatic rings. The molecule has 0 radical (unpaired) electrons. The number of hydrogen-bond donors (Lipinski definition) is 0. The number of carbonyl (C=O) groups is 1. The van der Waals surface area contributed by atoms with Crippen molar-refractivity contribution in [2.45, 2.75) is 471 Å². The van der Waals surface area contributed by atoms with Crippen molar-refractivity contribution < 1.29 is 80.6 Å². The van der Waals surface area contributed by atoms with E-state index >= 15 is 0 Å². The van der Waals surface area contributed by atoms with Gasteiger partial charge in [-0.25, -0.2) is 4.79 Å². The van der Waals surface area contributed by atoms with Crippen LogP contribution in [0.3, 0.4) is 0 Å². The first kappa shape index (κ1) is 126. The molecule has 0 bridgehead atoms. The molecule has 812 valence electrons. The van der Waals surface area contributed by atoms with Gasteiger partial charge in [0.1, 0.15) is 34.3 Å². The highest BCUT2D eigenvalue weighted by molar-refractivity contribution is 5.66. The molecular weight excluding hydrogens is 1800 g/mol. The lowest BCUT2D eigenvalue weighted by atomic mass is 9.87. The molecule has 0 saturated heterocycles. The third kappa shape index (κ3) is 48.5. The molecule has 11 rings (SSSR count). The number of benzene rings is 7.